The molecule has 0 aromatic heterocycles. The maximum Gasteiger partial charge on any atom is 0.282 e. The van der Waals surface area contributed by atoms with Gasteiger partial charge in [0.15, 0.2) is 0 Å². The number of rotatable bonds is 10. The number of hydrogen-bond donors (Lipinski definition) is 0. The molecule has 0 fully saturated rings. The first-order chi connectivity index (χ1) is 15.4. The van der Waals surface area contributed by atoms with E-state index in [9.17, 15) is 9.59 Å². The fourth-order valence-electron chi connectivity index (χ4n) is 3.82. The molecule has 1 heterocycles. The molecule has 0 saturated carbocycles. The normalized spacial score (nSPS) is 14.0. The Hall–Kier alpha value is -2.96. The molecule has 32 heavy (non-hydrogen) atoms. The van der Waals surface area contributed by atoms with E-state index in [1.165, 1.54) is 4.90 Å². The molecule has 2 aromatic rings. The maximum atomic E-state index is 13.7. The van der Waals surface area contributed by atoms with Crippen LogP contribution in [0.25, 0.3) is 5.57 Å². The zero-order valence-corrected chi connectivity index (χ0v) is 19.6. The summed E-state index contributed by atoms with van der Waals surface area (Å²) in [6.07, 6.45) is 0.890. The van der Waals surface area contributed by atoms with Gasteiger partial charge in [0.05, 0.1) is 24.5 Å². The summed E-state index contributed by atoms with van der Waals surface area (Å²) in [7, 11) is 3.24. The smallest absolute Gasteiger partial charge is 0.282 e. The van der Waals surface area contributed by atoms with Crippen LogP contribution in [0.4, 0.5) is 5.69 Å². The van der Waals surface area contributed by atoms with E-state index in [1.807, 2.05) is 61.2 Å². The average molecular weight is 437 g/mol. The van der Waals surface area contributed by atoms with Crippen LogP contribution in [0.2, 0.25) is 0 Å². The third-order valence-electron chi connectivity index (χ3n) is 5.90. The summed E-state index contributed by atoms with van der Waals surface area (Å²) in [5.74, 6) is -0.628. The first kappa shape index (κ1) is 23.7. The predicted octanol–water partition coefficient (Wildman–Crippen LogP) is 3.75. The third kappa shape index (κ3) is 4.76. The van der Waals surface area contributed by atoms with Crippen molar-refractivity contribution in [3.05, 3.63) is 70.4 Å². The number of amides is 2. The summed E-state index contributed by atoms with van der Waals surface area (Å²) >= 11 is 0. The van der Waals surface area contributed by atoms with Crippen LogP contribution < -0.4 is 4.90 Å². The first-order valence-corrected chi connectivity index (χ1v) is 10.9. The lowest BCUT2D eigenvalue weighted by Gasteiger charge is -2.25. The van der Waals surface area contributed by atoms with Crippen molar-refractivity contribution >= 4 is 23.1 Å². The van der Waals surface area contributed by atoms with Crippen LogP contribution in [0.1, 0.15) is 29.2 Å². The summed E-state index contributed by atoms with van der Waals surface area (Å²) in [5.41, 5.74) is 5.49. The standard InChI is InChI=1S/C26H32N2O4/c1-6-20-8-11-22(12-9-20)28-25(29)23(21-10-7-18(2)19(3)17-21)24(26(28)30)27(13-15-31-4)14-16-32-5/h7-12,17H,6,13-16H2,1-5H3. The van der Waals surface area contributed by atoms with E-state index in [2.05, 4.69) is 6.92 Å². The Morgan fingerprint density at radius 3 is 2.00 bits per heavy atom. The van der Waals surface area contributed by atoms with Crippen molar-refractivity contribution in [2.75, 3.05) is 45.4 Å². The van der Waals surface area contributed by atoms with Gasteiger partial charge in [0.1, 0.15) is 5.70 Å². The Kier molecular flexibility index (Phi) is 7.83. The number of methoxy groups -OCH3 is 2. The molecule has 1 aliphatic rings. The van der Waals surface area contributed by atoms with Crippen LogP contribution in [0.15, 0.2) is 48.2 Å². The van der Waals surface area contributed by atoms with Crippen molar-refractivity contribution in [2.24, 2.45) is 0 Å². The molecule has 1 aliphatic heterocycles. The van der Waals surface area contributed by atoms with Gasteiger partial charge >= 0.3 is 0 Å². The molecule has 2 aromatic carbocycles. The minimum atomic E-state index is -0.320. The van der Waals surface area contributed by atoms with E-state index in [-0.39, 0.29) is 11.8 Å². The van der Waals surface area contributed by atoms with Crippen molar-refractivity contribution in [2.45, 2.75) is 27.2 Å². The average Bonchev–Trinajstić information content (AvgIpc) is 3.06. The Morgan fingerprint density at radius 1 is 0.844 bits per heavy atom. The molecule has 0 saturated heterocycles. The van der Waals surface area contributed by atoms with Gasteiger partial charge in [-0.05, 0) is 54.7 Å². The summed E-state index contributed by atoms with van der Waals surface area (Å²) in [5, 5.41) is 0. The third-order valence-corrected chi connectivity index (χ3v) is 5.90. The van der Waals surface area contributed by atoms with Crippen molar-refractivity contribution in [1.29, 1.82) is 0 Å². The lowest BCUT2D eigenvalue weighted by Crippen LogP contribution is -2.37. The Bertz CT molecular complexity index is 1000. The number of aryl methyl sites for hydroxylation is 3. The number of imide groups is 1. The minimum Gasteiger partial charge on any atom is -0.383 e. The van der Waals surface area contributed by atoms with Crippen LogP contribution in [-0.4, -0.2) is 57.2 Å². The van der Waals surface area contributed by atoms with Gasteiger partial charge in [0.2, 0.25) is 0 Å². The predicted molar refractivity (Wildman–Crippen MR) is 126 cm³/mol. The Morgan fingerprint density at radius 2 is 1.47 bits per heavy atom. The van der Waals surface area contributed by atoms with E-state index in [4.69, 9.17) is 9.47 Å². The summed E-state index contributed by atoms with van der Waals surface area (Å²) in [6, 6.07) is 13.5. The lowest BCUT2D eigenvalue weighted by molar-refractivity contribution is -0.120. The summed E-state index contributed by atoms with van der Waals surface area (Å²) in [4.78, 5) is 30.6. The van der Waals surface area contributed by atoms with Gasteiger partial charge in [0.25, 0.3) is 11.8 Å². The van der Waals surface area contributed by atoms with Gasteiger partial charge in [-0.25, -0.2) is 4.90 Å². The van der Waals surface area contributed by atoms with Crippen LogP contribution in [-0.2, 0) is 25.5 Å². The highest BCUT2D eigenvalue weighted by Crippen LogP contribution is 2.35. The summed E-state index contributed by atoms with van der Waals surface area (Å²) in [6.45, 7) is 7.93. The molecule has 2 amide bonds. The molecular formula is C26H32N2O4. The second kappa shape index (κ2) is 10.6. The fourth-order valence-corrected chi connectivity index (χ4v) is 3.82. The first-order valence-electron chi connectivity index (χ1n) is 10.9. The number of anilines is 1. The van der Waals surface area contributed by atoms with Crippen LogP contribution in [0.3, 0.4) is 0 Å². The van der Waals surface area contributed by atoms with Crippen molar-refractivity contribution < 1.29 is 19.1 Å². The lowest BCUT2D eigenvalue weighted by atomic mass is 9.99. The molecule has 6 nitrogen and oxygen atoms in total. The second-order valence-electron chi connectivity index (χ2n) is 7.96. The minimum absolute atomic E-state index is 0.308. The van der Waals surface area contributed by atoms with Gasteiger partial charge in [-0.1, -0.05) is 37.3 Å². The van der Waals surface area contributed by atoms with Gasteiger partial charge < -0.3 is 14.4 Å². The van der Waals surface area contributed by atoms with Crippen LogP contribution in [0.5, 0.6) is 0 Å². The molecular weight excluding hydrogens is 404 g/mol. The van der Waals surface area contributed by atoms with Gasteiger partial charge in [0, 0.05) is 27.3 Å². The Balaban J connectivity index is 2.13. The van der Waals surface area contributed by atoms with E-state index in [0.717, 1.165) is 28.7 Å². The zero-order valence-electron chi connectivity index (χ0n) is 19.6. The molecule has 0 atom stereocenters. The van der Waals surface area contributed by atoms with Gasteiger partial charge in [-0.15, -0.1) is 0 Å². The van der Waals surface area contributed by atoms with Gasteiger partial charge in [-0.2, -0.15) is 0 Å². The second-order valence-corrected chi connectivity index (χ2v) is 7.96. The van der Waals surface area contributed by atoms with Crippen molar-refractivity contribution in [1.82, 2.24) is 4.90 Å². The van der Waals surface area contributed by atoms with Crippen molar-refractivity contribution in [3.63, 3.8) is 0 Å². The maximum absolute atomic E-state index is 13.7. The van der Waals surface area contributed by atoms with E-state index >= 15 is 0 Å². The van der Waals surface area contributed by atoms with E-state index in [0.29, 0.717) is 43.3 Å². The van der Waals surface area contributed by atoms with Gasteiger partial charge in [-0.3, -0.25) is 9.59 Å². The number of ether oxygens (including phenoxy) is 2. The molecule has 0 bridgehead atoms. The Labute approximate surface area is 190 Å². The summed E-state index contributed by atoms with van der Waals surface area (Å²) < 4.78 is 10.5. The highest BCUT2D eigenvalue weighted by molar-refractivity contribution is 6.45. The van der Waals surface area contributed by atoms with E-state index in [1.54, 1.807) is 14.2 Å². The molecule has 3 rings (SSSR count). The number of benzene rings is 2. The molecule has 0 unspecified atom stereocenters. The molecule has 0 spiro atoms. The number of hydrogen-bond acceptors (Lipinski definition) is 5. The topological polar surface area (TPSA) is 59.1 Å². The molecule has 170 valence electrons. The molecule has 0 aliphatic carbocycles. The van der Waals surface area contributed by atoms with E-state index < -0.39 is 0 Å². The van der Waals surface area contributed by atoms with Crippen LogP contribution >= 0.6 is 0 Å². The van der Waals surface area contributed by atoms with Crippen molar-refractivity contribution in [3.8, 4) is 0 Å². The highest BCUT2D eigenvalue weighted by atomic mass is 16.5. The molecule has 0 radical (unpaired) electrons. The zero-order chi connectivity index (χ0) is 23.3. The SMILES string of the molecule is CCc1ccc(N2C(=O)C(c3ccc(C)c(C)c3)=C(N(CCOC)CCOC)C2=O)cc1. The number of carbonyl (C=O) groups excluding carboxylic acids is 2. The number of nitrogens with zero attached hydrogens (tertiary/aromatic N) is 2. The molecule has 0 N–H and O–H groups in total. The highest BCUT2D eigenvalue weighted by Gasteiger charge is 2.42. The molecule has 6 heteroatoms. The quantitative estimate of drug-likeness (QED) is 0.531. The number of carbonyl (C=O) groups is 2. The monoisotopic (exact) mass is 436 g/mol. The fraction of sp³-hybridized carbons (Fsp3) is 0.385. The van der Waals surface area contributed by atoms with Crippen LogP contribution in [0, 0.1) is 13.8 Å². The largest absolute Gasteiger partial charge is 0.383 e.